The molecule has 0 radical (unpaired) electrons. The molecule has 0 unspecified atom stereocenters. The van der Waals surface area contributed by atoms with Crippen molar-refractivity contribution in [1.82, 2.24) is 10.6 Å². The quantitative estimate of drug-likeness (QED) is 0.547. The average molecular weight is 423 g/mol. The lowest BCUT2D eigenvalue weighted by Crippen LogP contribution is -2.30. The zero-order chi connectivity index (χ0) is 21.2. The van der Waals surface area contributed by atoms with Crippen LogP contribution in [0, 0.1) is 0 Å². The summed E-state index contributed by atoms with van der Waals surface area (Å²) in [5.41, 5.74) is 2.59. The molecule has 6 heteroatoms. The highest BCUT2D eigenvalue weighted by atomic mass is 35.5. The monoisotopic (exact) mass is 422 g/mol. The lowest BCUT2D eigenvalue weighted by Gasteiger charge is -2.09. The summed E-state index contributed by atoms with van der Waals surface area (Å²) in [4.78, 5) is 24.4. The van der Waals surface area contributed by atoms with E-state index in [4.69, 9.17) is 16.3 Å². The molecule has 154 valence electrons. The highest BCUT2D eigenvalue weighted by Crippen LogP contribution is 2.14. The Morgan fingerprint density at radius 1 is 0.833 bits per heavy atom. The molecule has 2 N–H and O–H groups in total. The smallest absolute Gasteiger partial charge is 0.257 e. The molecule has 0 saturated heterocycles. The van der Waals surface area contributed by atoms with Gasteiger partial charge in [-0.25, -0.2) is 0 Å². The van der Waals surface area contributed by atoms with Gasteiger partial charge < -0.3 is 15.4 Å². The van der Waals surface area contributed by atoms with Gasteiger partial charge in [0, 0.05) is 23.7 Å². The molecule has 5 nitrogen and oxygen atoms in total. The van der Waals surface area contributed by atoms with Crippen molar-refractivity contribution in [3.05, 3.63) is 101 Å². The highest BCUT2D eigenvalue weighted by Gasteiger charge is 2.08. The number of rotatable bonds is 9. The van der Waals surface area contributed by atoms with Crippen LogP contribution in [0.25, 0.3) is 0 Å². The molecular weight excluding hydrogens is 400 g/mol. The van der Waals surface area contributed by atoms with Crippen molar-refractivity contribution >= 4 is 23.4 Å². The molecule has 3 rings (SSSR count). The number of hydrogen-bond donors (Lipinski definition) is 2. The van der Waals surface area contributed by atoms with Crippen molar-refractivity contribution in [3.63, 3.8) is 0 Å². The molecule has 0 bridgehead atoms. The minimum Gasteiger partial charge on any atom is -0.484 e. The van der Waals surface area contributed by atoms with Crippen molar-refractivity contribution in [2.75, 3.05) is 13.2 Å². The Bertz CT molecular complexity index is 975. The largest absolute Gasteiger partial charge is 0.484 e. The number of carbonyl (C=O) groups excluding carboxylic acids is 2. The van der Waals surface area contributed by atoms with E-state index in [-0.39, 0.29) is 18.4 Å². The van der Waals surface area contributed by atoms with E-state index in [1.54, 1.807) is 24.3 Å². The fraction of sp³-hybridized carbons (Fsp3) is 0.167. The molecule has 0 fully saturated rings. The van der Waals surface area contributed by atoms with E-state index in [9.17, 15) is 9.59 Å². The van der Waals surface area contributed by atoms with E-state index in [0.717, 1.165) is 11.1 Å². The third-order valence-electron chi connectivity index (χ3n) is 4.41. The van der Waals surface area contributed by atoms with Crippen LogP contribution in [-0.4, -0.2) is 25.0 Å². The van der Waals surface area contributed by atoms with Gasteiger partial charge in [-0.15, -0.1) is 0 Å². The molecule has 0 aliphatic rings. The first-order valence-corrected chi connectivity index (χ1v) is 10.0. The Morgan fingerprint density at radius 3 is 2.37 bits per heavy atom. The summed E-state index contributed by atoms with van der Waals surface area (Å²) >= 11 is 5.86. The Kier molecular flexibility index (Phi) is 7.86. The average Bonchev–Trinajstić information content (AvgIpc) is 2.78. The van der Waals surface area contributed by atoms with Crippen LogP contribution < -0.4 is 15.4 Å². The van der Waals surface area contributed by atoms with E-state index in [0.29, 0.717) is 35.8 Å². The number of nitrogens with one attached hydrogen (secondary N) is 2. The molecule has 0 aliphatic carbocycles. The van der Waals surface area contributed by atoms with Crippen LogP contribution in [0.15, 0.2) is 78.9 Å². The molecule has 2 amide bonds. The fourth-order valence-electron chi connectivity index (χ4n) is 2.80. The fourth-order valence-corrected chi connectivity index (χ4v) is 2.93. The molecule has 0 saturated carbocycles. The zero-order valence-corrected chi connectivity index (χ0v) is 17.2. The third kappa shape index (κ3) is 6.94. The van der Waals surface area contributed by atoms with Gasteiger partial charge in [-0.05, 0) is 47.9 Å². The number of ether oxygens (including phenoxy) is 1. The van der Waals surface area contributed by atoms with Crippen LogP contribution >= 0.6 is 11.6 Å². The second-order valence-corrected chi connectivity index (χ2v) is 7.15. The van der Waals surface area contributed by atoms with Gasteiger partial charge >= 0.3 is 0 Å². The molecule has 3 aromatic carbocycles. The minimum absolute atomic E-state index is 0.115. The van der Waals surface area contributed by atoms with Gasteiger partial charge in [-0.3, -0.25) is 9.59 Å². The molecule has 0 spiro atoms. The maximum absolute atomic E-state index is 12.4. The topological polar surface area (TPSA) is 67.4 Å². The normalized spacial score (nSPS) is 10.3. The van der Waals surface area contributed by atoms with Crippen molar-refractivity contribution in [1.29, 1.82) is 0 Å². The molecule has 3 aromatic rings. The summed E-state index contributed by atoms with van der Waals surface area (Å²) in [5.74, 6) is 0.0508. The predicted molar refractivity (Wildman–Crippen MR) is 118 cm³/mol. The molecule has 0 aliphatic heterocycles. The van der Waals surface area contributed by atoms with Crippen molar-refractivity contribution in [3.8, 4) is 5.75 Å². The molecule has 30 heavy (non-hydrogen) atoms. The summed E-state index contributed by atoms with van der Waals surface area (Å²) in [7, 11) is 0. The van der Waals surface area contributed by atoms with Crippen molar-refractivity contribution in [2.45, 2.75) is 13.0 Å². The maximum atomic E-state index is 12.4. The third-order valence-corrected chi connectivity index (χ3v) is 4.66. The number of halogens is 1. The van der Waals surface area contributed by atoms with E-state index in [1.807, 2.05) is 54.6 Å². The van der Waals surface area contributed by atoms with Crippen molar-refractivity contribution in [2.24, 2.45) is 0 Å². The van der Waals surface area contributed by atoms with Gasteiger partial charge in [0.2, 0.25) is 0 Å². The Morgan fingerprint density at radius 2 is 1.60 bits per heavy atom. The van der Waals surface area contributed by atoms with Crippen LogP contribution in [0.2, 0.25) is 5.02 Å². The molecule has 0 heterocycles. The van der Waals surface area contributed by atoms with Crippen LogP contribution in [0.3, 0.4) is 0 Å². The van der Waals surface area contributed by atoms with E-state index in [2.05, 4.69) is 10.6 Å². The van der Waals surface area contributed by atoms with Crippen molar-refractivity contribution < 1.29 is 14.3 Å². The van der Waals surface area contributed by atoms with Gasteiger partial charge in [-0.2, -0.15) is 0 Å². The Hall–Kier alpha value is -3.31. The van der Waals surface area contributed by atoms with E-state index < -0.39 is 0 Å². The minimum atomic E-state index is -0.220. The maximum Gasteiger partial charge on any atom is 0.257 e. The van der Waals surface area contributed by atoms with Gasteiger partial charge in [0.25, 0.3) is 11.8 Å². The van der Waals surface area contributed by atoms with Crippen LogP contribution in [0.4, 0.5) is 0 Å². The van der Waals surface area contributed by atoms with E-state index >= 15 is 0 Å². The van der Waals surface area contributed by atoms with Gasteiger partial charge in [0.05, 0.1) is 0 Å². The second kappa shape index (κ2) is 11.0. The molecule has 0 aromatic heterocycles. The van der Waals surface area contributed by atoms with Gasteiger partial charge in [0.1, 0.15) is 5.75 Å². The first kappa shape index (κ1) is 21.4. The SMILES string of the molecule is O=C(COc1cccc(C(=O)NCc2ccccc2)c1)NCCc1ccc(Cl)cc1. The first-order chi connectivity index (χ1) is 14.6. The highest BCUT2D eigenvalue weighted by molar-refractivity contribution is 6.30. The van der Waals surface area contributed by atoms with E-state index in [1.165, 1.54) is 0 Å². The summed E-state index contributed by atoms with van der Waals surface area (Å²) in [6.45, 7) is 0.836. The number of benzene rings is 3. The van der Waals surface area contributed by atoms with Crippen LogP contribution in [0.5, 0.6) is 5.75 Å². The summed E-state index contributed by atoms with van der Waals surface area (Å²) in [5, 5.41) is 6.38. The summed E-state index contributed by atoms with van der Waals surface area (Å²) < 4.78 is 5.53. The second-order valence-electron chi connectivity index (χ2n) is 6.71. The lowest BCUT2D eigenvalue weighted by molar-refractivity contribution is -0.123. The molecular formula is C24H23ClN2O3. The number of carbonyl (C=O) groups is 2. The lowest BCUT2D eigenvalue weighted by atomic mass is 10.1. The Balaban J connectivity index is 1.42. The predicted octanol–water partition coefficient (Wildman–Crippen LogP) is 4.01. The van der Waals surface area contributed by atoms with Crippen LogP contribution in [0.1, 0.15) is 21.5 Å². The number of amides is 2. The Labute approximate surface area is 181 Å². The summed E-state index contributed by atoms with van der Waals surface area (Å²) in [6.07, 6.45) is 0.708. The standard InChI is InChI=1S/C24H23ClN2O3/c25-21-11-9-18(10-12-21)13-14-26-23(28)17-30-22-8-4-7-20(15-22)24(29)27-16-19-5-2-1-3-6-19/h1-12,15H,13-14,16-17H2,(H,26,28)(H,27,29). The summed E-state index contributed by atoms with van der Waals surface area (Å²) in [6, 6.07) is 24.0. The zero-order valence-electron chi connectivity index (χ0n) is 16.4. The first-order valence-electron chi connectivity index (χ1n) is 9.66. The van der Waals surface area contributed by atoms with Gasteiger partial charge in [0.15, 0.2) is 6.61 Å². The number of hydrogen-bond acceptors (Lipinski definition) is 3. The van der Waals surface area contributed by atoms with Gasteiger partial charge in [-0.1, -0.05) is 60.1 Å². The molecule has 0 atom stereocenters. The van der Waals surface area contributed by atoms with Crippen LogP contribution in [-0.2, 0) is 17.8 Å².